The third-order valence-electron chi connectivity index (χ3n) is 0.668. The molecular formula is C5H8N2O2. The number of nitrogens with zero attached hydrogens (tertiary/aromatic N) is 1. The van der Waals surface area contributed by atoms with Crippen LogP contribution in [0.5, 0.6) is 0 Å². The normalized spacial score (nSPS) is 9.56. The minimum Gasteiger partial charge on any atom is -0.351 e. The summed E-state index contributed by atoms with van der Waals surface area (Å²) in [5, 5.41) is 2.15. The van der Waals surface area contributed by atoms with E-state index in [2.05, 4.69) is 10.3 Å². The summed E-state index contributed by atoms with van der Waals surface area (Å²) in [6.45, 7) is 1.57. The van der Waals surface area contributed by atoms with Gasteiger partial charge in [0, 0.05) is 13.3 Å². The molecule has 0 bridgehead atoms. The summed E-state index contributed by atoms with van der Waals surface area (Å²) in [4.78, 5) is 23.9. The van der Waals surface area contributed by atoms with E-state index >= 15 is 0 Å². The second-order valence-corrected chi connectivity index (χ2v) is 1.27. The summed E-state index contributed by atoms with van der Waals surface area (Å²) < 4.78 is 0. The van der Waals surface area contributed by atoms with Gasteiger partial charge in [-0.25, -0.2) is 4.99 Å². The Morgan fingerprint density at radius 1 is 1.56 bits per heavy atom. The molecule has 0 radical (unpaired) electrons. The van der Waals surface area contributed by atoms with Crippen LogP contribution >= 0.6 is 0 Å². The maximum absolute atomic E-state index is 10.4. The first-order chi connectivity index (χ1) is 4.22. The molecule has 0 rings (SSSR count). The summed E-state index contributed by atoms with van der Waals surface area (Å²) in [6.07, 6.45) is 1.28. The van der Waals surface area contributed by atoms with Gasteiger partial charge in [0.15, 0.2) is 0 Å². The minimum atomic E-state index is -0.764. The second-order valence-electron chi connectivity index (χ2n) is 1.27. The molecule has 2 amide bonds. The van der Waals surface area contributed by atoms with E-state index in [0.29, 0.717) is 0 Å². The average Bonchev–Trinajstić information content (AvgIpc) is 1.87. The molecule has 0 aromatic rings. The molecule has 0 atom stereocenters. The number of hydrogen-bond donors (Lipinski definition) is 1. The molecule has 0 aromatic carbocycles. The smallest absolute Gasteiger partial charge is 0.334 e. The first-order valence-electron chi connectivity index (χ1n) is 2.47. The van der Waals surface area contributed by atoms with Gasteiger partial charge in [0.25, 0.3) is 0 Å². The van der Waals surface area contributed by atoms with Crippen LogP contribution in [0.3, 0.4) is 0 Å². The van der Waals surface area contributed by atoms with Crippen LogP contribution in [0.25, 0.3) is 0 Å². The Morgan fingerprint density at radius 2 is 2.11 bits per heavy atom. The van der Waals surface area contributed by atoms with Gasteiger partial charge < -0.3 is 5.32 Å². The molecule has 0 aliphatic carbocycles. The van der Waals surface area contributed by atoms with Crippen molar-refractivity contribution in [3.8, 4) is 0 Å². The highest BCUT2D eigenvalue weighted by Gasteiger charge is 2.06. The van der Waals surface area contributed by atoms with Gasteiger partial charge >= 0.3 is 11.8 Å². The van der Waals surface area contributed by atoms with Gasteiger partial charge in [-0.15, -0.1) is 0 Å². The molecule has 0 fully saturated rings. The third kappa shape index (κ3) is 2.58. The summed E-state index contributed by atoms with van der Waals surface area (Å²) in [5.41, 5.74) is 0. The second kappa shape index (κ2) is 3.77. The standard InChI is InChI=1S/C5H8N2O2/c1-3-7-5(9)4(8)6-2/h3H,1-2H3,(H,6,8). The fourth-order valence-electron chi connectivity index (χ4n) is 0.283. The Labute approximate surface area is 53.0 Å². The lowest BCUT2D eigenvalue weighted by molar-refractivity contribution is -0.136. The van der Waals surface area contributed by atoms with Crippen LogP contribution < -0.4 is 5.32 Å². The summed E-state index contributed by atoms with van der Waals surface area (Å²) >= 11 is 0. The van der Waals surface area contributed by atoms with Crippen molar-refractivity contribution in [2.45, 2.75) is 6.92 Å². The van der Waals surface area contributed by atoms with Gasteiger partial charge in [-0.05, 0) is 6.92 Å². The lowest BCUT2D eigenvalue weighted by Crippen LogP contribution is -2.25. The lowest BCUT2D eigenvalue weighted by Gasteiger charge is -1.88. The number of rotatable bonds is 0. The Morgan fingerprint density at radius 3 is 2.44 bits per heavy atom. The number of amides is 2. The molecule has 0 aliphatic heterocycles. The first kappa shape index (κ1) is 7.81. The first-order valence-corrected chi connectivity index (χ1v) is 2.47. The minimum absolute atomic E-state index is 0.687. The number of likely N-dealkylation sites (N-methyl/N-ethyl adjacent to an activating group) is 1. The van der Waals surface area contributed by atoms with Gasteiger partial charge in [0.05, 0.1) is 0 Å². The van der Waals surface area contributed by atoms with E-state index in [9.17, 15) is 9.59 Å². The van der Waals surface area contributed by atoms with E-state index in [4.69, 9.17) is 0 Å². The van der Waals surface area contributed by atoms with Gasteiger partial charge in [-0.1, -0.05) is 0 Å². The highest BCUT2D eigenvalue weighted by Crippen LogP contribution is 1.71. The van der Waals surface area contributed by atoms with Gasteiger partial charge in [0.1, 0.15) is 0 Å². The Bertz CT molecular complexity index is 151. The predicted octanol–water partition coefficient (Wildman–Crippen LogP) is -0.650. The van der Waals surface area contributed by atoms with Crippen molar-refractivity contribution in [2.24, 2.45) is 4.99 Å². The van der Waals surface area contributed by atoms with Crippen molar-refractivity contribution in [1.29, 1.82) is 0 Å². The van der Waals surface area contributed by atoms with Crippen LogP contribution in [-0.4, -0.2) is 25.1 Å². The number of hydrogen-bond acceptors (Lipinski definition) is 2. The fraction of sp³-hybridized carbons (Fsp3) is 0.400. The maximum Gasteiger partial charge on any atom is 0.334 e. The van der Waals surface area contributed by atoms with Crippen LogP contribution in [0.15, 0.2) is 4.99 Å². The number of carbonyl (C=O) groups excluding carboxylic acids is 2. The highest BCUT2D eigenvalue weighted by molar-refractivity contribution is 6.36. The van der Waals surface area contributed by atoms with E-state index in [1.54, 1.807) is 6.92 Å². The molecular weight excluding hydrogens is 120 g/mol. The molecule has 0 heterocycles. The van der Waals surface area contributed by atoms with Crippen molar-refractivity contribution in [3.63, 3.8) is 0 Å². The molecule has 0 saturated carbocycles. The largest absolute Gasteiger partial charge is 0.351 e. The Balaban J connectivity index is 3.89. The topological polar surface area (TPSA) is 58.5 Å². The van der Waals surface area contributed by atoms with E-state index in [-0.39, 0.29) is 0 Å². The number of aliphatic imine (C=N–C) groups is 1. The van der Waals surface area contributed by atoms with E-state index < -0.39 is 11.8 Å². The van der Waals surface area contributed by atoms with Gasteiger partial charge in [-0.2, -0.15) is 0 Å². The van der Waals surface area contributed by atoms with Crippen LogP contribution in [0.4, 0.5) is 0 Å². The number of nitrogens with one attached hydrogen (secondary N) is 1. The SMILES string of the molecule is CC=NC(=O)C(=O)NC. The van der Waals surface area contributed by atoms with Crippen molar-refractivity contribution < 1.29 is 9.59 Å². The average molecular weight is 128 g/mol. The van der Waals surface area contributed by atoms with Crippen LogP contribution in [0.2, 0.25) is 0 Å². The van der Waals surface area contributed by atoms with Crippen molar-refractivity contribution >= 4 is 18.0 Å². The number of carbonyl (C=O) groups is 2. The quantitative estimate of drug-likeness (QED) is 0.348. The molecule has 4 heteroatoms. The van der Waals surface area contributed by atoms with E-state index in [1.165, 1.54) is 13.3 Å². The predicted molar refractivity (Wildman–Crippen MR) is 33.2 cm³/mol. The van der Waals surface area contributed by atoms with Crippen LogP contribution in [0, 0.1) is 0 Å². The molecule has 0 spiro atoms. The Kier molecular flexibility index (Phi) is 3.27. The van der Waals surface area contributed by atoms with Crippen molar-refractivity contribution in [3.05, 3.63) is 0 Å². The molecule has 0 saturated heterocycles. The van der Waals surface area contributed by atoms with E-state index in [1.807, 2.05) is 0 Å². The zero-order valence-corrected chi connectivity index (χ0v) is 5.34. The monoisotopic (exact) mass is 128 g/mol. The third-order valence-corrected chi connectivity index (χ3v) is 0.668. The molecule has 0 aromatic heterocycles. The fourth-order valence-corrected chi connectivity index (χ4v) is 0.283. The summed E-state index contributed by atoms with van der Waals surface area (Å²) in [7, 11) is 1.38. The van der Waals surface area contributed by atoms with Gasteiger partial charge in [0.2, 0.25) is 0 Å². The zero-order valence-electron chi connectivity index (χ0n) is 5.34. The highest BCUT2D eigenvalue weighted by atomic mass is 16.2. The summed E-state index contributed by atoms with van der Waals surface area (Å²) in [5.74, 6) is -1.45. The molecule has 0 aliphatic rings. The molecule has 4 nitrogen and oxygen atoms in total. The van der Waals surface area contributed by atoms with E-state index in [0.717, 1.165) is 0 Å². The van der Waals surface area contributed by atoms with Crippen LogP contribution in [-0.2, 0) is 9.59 Å². The molecule has 9 heavy (non-hydrogen) atoms. The van der Waals surface area contributed by atoms with Crippen molar-refractivity contribution in [1.82, 2.24) is 5.32 Å². The molecule has 0 unspecified atom stereocenters. The Hall–Kier alpha value is -1.19. The lowest BCUT2D eigenvalue weighted by atomic mass is 10.6. The molecule has 1 N–H and O–H groups in total. The maximum atomic E-state index is 10.4. The van der Waals surface area contributed by atoms with Crippen LogP contribution in [0.1, 0.15) is 6.92 Å². The molecule has 50 valence electrons. The van der Waals surface area contributed by atoms with Gasteiger partial charge in [-0.3, -0.25) is 9.59 Å². The zero-order chi connectivity index (χ0) is 7.28. The van der Waals surface area contributed by atoms with Crippen molar-refractivity contribution in [2.75, 3.05) is 7.05 Å². The summed E-state index contributed by atoms with van der Waals surface area (Å²) in [6, 6.07) is 0.